The molecule has 2 N–H and O–H groups in total. The van der Waals surface area contributed by atoms with E-state index in [1.165, 1.54) is 0 Å². The zero-order valence-electron chi connectivity index (χ0n) is 42.7. The molecular formula is C56H80N6O6. The van der Waals surface area contributed by atoms with Crippen LogP contribution in [0, 0.1) is 22.7 Å². The third-order valence-electron chi connectivity index (χ3n) is 14.2. The quantitative estimate of drug-likeness (QED) is 0.112. The number of nitrogens with zero attached hydrogens (tertiary/aromatic N) is 4. The molecule has 0 bridgehead atoms. The summed E-state index contributed by atoms with van der Waals surface area (Å²) in [6.07, 6.45) is 4.55. The molecule has 2 fully saturated rings. The Bertz CT molecular complexity index is 2000. The van der Waals surface area contributed by atoms with Gasteiger partial charge in [0.05, 0.1) is 6.04 Å². The Morgan fingerprint density at radius 2 is 1.07 bits per heavy atom. The first-order chi connectivity index (χ1) is 32.2. The molecule has 3 aromatic rings. The molecule has 3 aromatic carbocycles. The van der Waals surface area contributed by atoms with E-state index in [0.717, 1.165) is 22.3 Å². The lowest BCUT2D eigenvalue weighted by Gasteiger charge is -2.37. The fraction of sp³-hybridized carbons (Fsp3) is 0.571. The number of rotatable bonds is 21. The summed E-state index contributed by atoms with van der Waals surface area (Å²) in [6.45, 7) is 19.9. The zero-order valence-corrected chi connectivity index (χ0v) is 42.7. The number of carbonyl (C=O) groups is 6. The maximum atomic E-state index is 14.8. The van der Waals surface area contributed by atoms with Crippen LogP contribution in [-0.4, -0.2) is 112 Å². The van der Waals surface area contributed by atoms with E-state index in [0.29, 0.717) is 84.2 Å². The van der Waals surface area contributed by atoms with Gasteiger partial charge in [0, 0.05) is 57.5 Å². The summed E-state index contributed by atoms with van der Waals surface area (Å²) in [5, 5.41) is 6.04. The Labute approximate surface area is 407 Å². The number of Topliss-reactive ketones (excluding diaryl/α,β-unsaturated/α-hetero) is 1. The minimum absolute atomic E-state index is 0.0246. The highest BCUT2D eigenvalue weighted by molar-refractivity contribution is 5.94. The number of benzene rings is 3. The fourth-order valence-electron chi connectivity index (χ4n) is 9.33. The molecule has 2 saturated heterocycles. The Hall–Kier alpha value is -5.36. The lowest BCUT2D eigenvalue weighted by molar-refractivity contribution is -0.149. The molecule has 12 heteroatoms. The van der Waals surface area contributed by atoms with E-state index in [4.69, 9.17) is 0 Å². The molecule has 5 amide bonds. The van der Waals surface area contributed by atoms with Gasteiger partial charge in [-0.2, -0.15) is 0 Å². The van der Waals surface area contributed by atoms with Crippen LogP contribution in [0.15, 0.2) is 84.9 Å². The van der Waals surface area contributed by atoms with Crippen molar-refractivity contribution in [2.45, 2.75) is 151 Å². The maximum Gasteiger partial charge on any atom is 0.246 e. The number of amides is 5. The molecule has 5 rings (SSSR count). The molecule has 0 radical (unpaired) electrons. The molecule has 0 aromatic heterocycles. The van der Waals surface area contributed by atoms with E-state index >= 15 is 0 Å². The van der Waals surface area contributed by atoms with Crippen molar-refractivity contribution in [3.05, 3.63) is 107 Å². The van der Waals surface area contributed by atoms with E-state index in [2.05, 4.69) is 34.9 Å². The smallest absolute Gasteiger partial charge is 0.246 e. The van der Waals surface area contributed by atoms with Crippen molar-refractivity contribution in [2.24, 2.45) is 22.7 Å². The molecule has 370 valence electrons. The van der Waals surface area contributed by atoms with E-state index in [-0.39, 0.29) is 53.7 Å². The summed E-state index contributed by atoms with van der Waals surface area (Å²) in [5.74, 6) is -1.57. The van der Waals surface area contributed by atoms with Gasteiger partial charge in [0.25, 0.3) is 0 Å². The predicted molar refractivity (Wildman–Crippen MR) is 269 cm³/mol. The van der Waals surface area contributed by atoms with Crippen molar-refractivity contribution in [2.75, 3.05) is 33.2 Å². The van der Waals surface area contributed by atoms with Crippen LogP contribution in [-0.2, 0) is 54.7 Å². The highest BCUT2D eigenvalue weighted by Crippen LogP contribution is 2.34. The van der Waals surface area contributed by atoms with Gasteiger partial charge in [-0.1, -0.05) is 140 Å². The molecule has 12 nitrogen and oxygen atoms in total. The highest BCUT2D eigenvalue weighted by Gasteiger charge is 2.45. The van der Waals surface area contributed by atoms with Crippen LogP contribution in [0.2, 0.25) is 0 Å². The molecular weight excluding hydrogens is 853 g/mol. The van der Waals surface area contributed by atoms with Crippen LogP contribution in [0.4, 0.5) is 0 Å². The number of nitrogens with one attached hydrogen (secondary N) is 2. The van der Waals surface area contributed by atoms with Crippen molar-refractivity contribution in [3.8, 4) is 0 Å². The van der Waals surface area contributed by atoms with Crippen molar-refractivity contribution in [3.63, 3.8) is 0 Å². The summed E-state index contributed by atoms with van der Waals surface area (Å²) in [7, 11) is 1.74. The normalized spacial score (nSPS) is 18.1. The monoisotopic (exact) mass is 933 g/mol. The van der Waals surface area contributed by atoms with Gasteiger partial charge < -0.3 is 30.2 Å². The van der Waals surface area contributed by atoms with Crippen molar-refractivity contribution in [1.29, 1.82) is 0 Å². The minimum atomic E-state index is -0.776. The van der Waals surface area contributed by atoms with Gasteiger partial charge in [0.15, 0.2) is 0 Å². The summed E-state index contributed by atoms with van der Waals surface area (Å²) in [5.41, 5.74) is 3.01. The van der Waals surface area contributed by atoms with Gasteiger partial charge >= 0.3 is 0 Å². The van der Waals surface area contributed by atoms with E-state index < -0.39 is 34.9 Å². The van der Waals surface area contributed by atoms with Crippen LogP contribution in [0.25, 0.3) is 0 Å². The third kappa shape index (κ3) is 14.3. The van der Waals surface area contributed by atoms with E-state index in [9.17, 15) is 28.8 Å². The fourth-order valence-corrected chi connectivity index (χ4v) is 9.33. The van der Waals surface area contributed by atoms with Crippen LogP contribution in [0.3, 0.4) is 0 Å². The average molecular weight is 933 g/mol. The van der Waals surface area contributed by atoms with E-state index in [1.807, 2.05) is 133 Å². The molecule has 6 atom stereocenters. The second-order valence-electron chi connectivity index (χ2n) is 21.4. The standard InChI is InChI=1S/C56H80N6O6/c1-11-39(2)50(64)58-49(56(7,8)9)54(68)62-33-19-25-47(62)53(67)60(35-31-42-22-16-13-17-23-42)38-44-28-26-43(27-29-44)37-59(34-30-41-20-14-12-15-21-41)52(66)46-24-18-32-61(46)51(65)45(55(4,5)6)36-48(63)40(3)57-10/h12-17,20-23,26-29,39-40,45-47,49,57H,11,18-19,24-25,30-38H2,1-10H3,(H,58,64)/t39-,40+,45-,46+,47+,49-/m1/s1. The molecule has 68 heavy (non-hydrogen) atoms. The Kier molecular flexibility index (Phi) is 19.1. The number of ketones is 1. The van der Waals surface area contributed by atoms with E-state index in [1.54, 1.807) is 16.8 Å². The highest BCUT2D eigenvalue weighted by atomic mass is 16.2. The Balaban J connectivity index is 1.37. The molecule has 2 aliphatic heterocycles. The molecule has 0 spiro atoms. The lowest BCUT2D eigenvalue weighted by Crippen LogP contribution is -2.58. The van der Waals surface area contributed by atoms with Crippen LogP contribution in [0.5, 0.6) is 0 Å². The van der Waals surface area contributed by atoms with Gasteiger partial charge in [-0.25, -0.2) is 0 Å². The zero-order chi connectivity index (χ0) is 49.8. The summed E-state index contributed by atoms with van der Waals surface area (Å²) in [4.78, 5) is 91.7. The summed E-state index contributed by atoms with van der Waals surface area (Å²) in [6, 6.07) is 25.8. The second kappa shape index (κ2) is 24.3. The number of likely N-dealkylation sites (N-methyl/N-ethyl adjacent to an activating group) is 1. The molecule has 0 unspecified atom stereocenters. The minimum Gasteiger partial charge on any atom is -0.344 e. The first-order valence-electron chi connectivity index (χ1n) is 25.1. The number of hydrogen-bond acceptors (Lipinski definition) is 7. The molecule has 0 saturated carbocycles. The lowest BCUT2D eigenvalue weighted by atomic mass is 9.76. The number of hydrogen-bond donors (Lipinski definition) is 2. The van der Waals surface area contributed by atoms with Crippen LogP contribution in [0.1, 0.15) is 123 Å². The first kappa shape index (κ1) is 53.6. The maximum absolute atomic E-state index is 14.8. The third-order valence-corrected chi connectivity index (χ3v) is 14.2. The van der Waals surface area contributed by atoms with Gasteiger partial charge in [0.2, 0.25) is 29.5 Å². The first-order valence-corrected chi connectivity index (χ1v) is 25.1. The Morgan fingerprint density at radius 1 is 0.632 bits per heavy atom. The van der Waals surface area contributed by atoms with Crippen molar-refractivity contribution < 1.29 is 28.8 Å². The van der Waals surface area contributed by atoms with Crippen molar-refractivity contribution in [1.82, 2.24) is 30.2 Å². The SMILES string of the molecule is CC[C@@H](C)C(=O)N[C@H](C(=O)N1CCC[C@H]1C(=O)N(CCc1ccccc1)Cc1ccc(CN(CCc2ccccc2)C(=O)[C@@H]2CCCN2C(=O)[C@@H](CC(=O)[C@H](C)NC)C(C)(C)C)cc1)C(C)(C)C. The van der Waals surface area contributed by atoms with Crippen LogP contribution >= 0.6 is 0 Å². The molecule has 2 heterocycles. The Morgan fingerprint density at radius 3 is 1.47 bits per heavy atom. The largest absolute Gasteiger partial charge is 0.344 e. The number of likely N-dealkylation sites (tertiary alicyclic amines) is 2. The summed E-state index contributed by atoms with van der Waals surface area (Å²) < 4.78 is 0. The predicted octanol–water partition coefficient (Wildman–Crippen LogP) is 7.62. The van der Waals surface area contributed by atoms with Gasteiger partial charge in [-0.05, 0) is 92.0 Å². The van der Waals surface area contributed by atoms with Crippen LogP contribution < -0.4 is 10.6 Å². The van der Waals surface area contributed by atoms with Gasteiger partial charge in [-0.3, -0.25) is 28.8 Å². The summed E-state index contributed by atoms with van der Waals surface area (Å²) >= 11 is 0. The second-order valence-corrected chi connectivity index (χ2v) is 21.4. The van der Waals surface area contributed by atoms with Crippen molar-refractivity contribution >= 4 is 35.3 Å². The topological polar surface area (TPSA) is 139 Å². The van der Waals surface area contributed by atoms with Gasteiger partial charge in [0.1, 0.15) is 23.9 Å². The number of carbonyl (C=O) groups excluding carboxylic acids is 6. The molecule has 2 aliphatic rings. The average Bonchev–Trinajstić information content (AvgIpc) is 4.03. The molecule has 0 aliphatic carbocycles. The van der Waals surface area contributed by atoms with Gasteiger partial charge in [-0.15, -0.1) is 0 Å².